The summed E-state index contributed by atoms with van der Waals surface area (Å²) in [6, 6.07) is 0.448. The molecule has 0 saturated carbocycles. The summed E-state index contributed by atoms with van der Waals surface area (Å²) in [6.45, 7) is 10.2. The molecule has 1 aromatic rings. The molecule has 1 N–H and O–H groups in total. The van der Waals surface area contributed by atoms with Gasteiger partial charge < -0.3 is 19.7 Å². The maximum atomic E-state index is 5.23. The van der Waals surface area contributed by atoms with Gasteiger partial charge in [-0.15, -0.1) is 0 Å². The third-order valence-corrected chi connectivity index (χ3v) is 3.43. The monoisotopic (exact) mass is 298 g/mol. The number of aryl methyl sites for hydroxylation is 2. The van der Waals surface area contributed by atoms with Crippen LogP contribution in [0.2, 0.25) is 0 Å². The Morgan fingerprint density at radius 1 is 1.19 bits per heavy atom. The third kappa shape index (κ3) is 5.30. The first-order chi connectivity index (χ1) is 10.0. The predicted molar refractivity (Wildman–Crippen MR) is 85.9 cm³/mol. The summed E-state index contributed by atoms with van der Waals surface area (Å²) in [4.78, 5) is 2.28. The molecule has 0 aliphatic rings. The van der Waals surface area contributed by atoms with Gasteiger partial charge in [0.25, 0.3) is 0 Å². The van der Waals surface area contributed by atoms with Crippen molar-refractivity contribution in [1.82, 2.24) is 15.1 Å². The van der Waals surface area contributed by atoms with Crippen LogP contribution in [0.4, 0.5) is 5.82 Å². The number of nitrogens with one attached hydrogen (secondary N) is 1. The summed E-state index contributed by atoms with van der Waals surface area (Å²) in [5.74, 6) is 1.15. The Bertz CT molecular complexity index is 410. The second-order valence-electron chi connectivity index (χ2n) is 5.52. The lowest BCUT2D eigenvalue weighted by Gasteiger charge is -2.26. The lowest BCUT2D eigenvalue weighted by Crippen LogP contribution is -2.33. The molecule has 0 spiro atoms. The second-order valence-corrected chi connectivity index (χ2v) is 5.52. The zero-order chi connectivity index (χ0) is 15.8. The average Bonchev–Trinajstić information content (AvgIpc) is 2.71. The van der Waals surface area contributed by atoms with E-state index in [2.05, 4.69) is 36.1 Å². The minimum Gasteiger partial charge on any atom is -0.383 e. The van der Waals surface area contributed by atoms with Gasteiger partial charge in [-0.05, 0) is 6.92 Å². The van der Waals surface area contributed by atoms with Crippen molar-refractivity contribution < 1.29 is 9.47 Å². The fourth-order valence-corrected chi connectivity index (χ4v) is 2.33. The largest absolute Gasteiger partial charge is 0.383 e. The molecule has 0 aromatic carbocycles. The average molecular weight is 298 g/mol. The van der Waals surface area contributed by atoms with Crippen molar-refractivity contribution >= 4 is 5.82 Å². The highest BCUT2D eigenvalue weighted by Gasteiger charge is 2.19. The number of hydrogen-bond donors (Lipinski definition) is 1. The maximum absolute atomic E-state index is 5.23. The molecular weight excluding hydrogens is 268 g/mol. The number of rotatable bonds is 10. The van der Waals surface area contributed by atoms with E-state index in [0.717, 1.165) is 31.1 Å². The van der Waals surface area contributed by atoms with Gasteiger partial charge in [-0.25, -0.2) is 0 Å². The second kappa shape index (κ2) is 9.02. The fraction of sp³-hybridized carbons (Fsp3) is 0.800. The van der Waals surface area contributed by atoms with Crippen molar-refractivity contribution in [2.24, 2.45) is 7.05 Å². The van der Waals surface area contributed by atoms with E-state index in [1.54, 1.807) is 14.2 Å². The van der Waals surface area contributed by atoms with E-state index >= 15 is 0 Å². The van der Waals surface area contributed by atoms with E-state index in [0.29, 0.717) is 19.3 Å². The van der Waals surface area contributed by atoms with Gasteiger partial charge in [-0.2, -0.15) is 5.10 Å². The van der Waals surface area contributed by atoms with Gasteiger partial charge in [0.2, 0.25) is 0 Å². The number of methoxy groups -OCH3 is 2. The number of hydrogen-bond acceptors (Lipinski definition) is 5. The van der Waals surface area contributed by atoms with Gasteiger partial charge in [-0.3, -0.25) is 4.68 Å². The van der Waals surface area contributed by atoms with Gasteiger partial charge in [0.1, 0.15) is 5.82 Å². The molecule has 1 heterocycles. The molecule has 0 fully saturated rings. The van der Waals surface area contributed by atoms with Crippen molar-refractivity contribution in [2.75, 3.05) is 45.4 Å². The predicted octanol–water partition coefficient (Wildman–Crippen LogP) is 1.33. The summed E-state index contributed by atoms with van der Waals surface area (Å²) in [7, 11) is 5.45. The van der Waals surface area contributed by atoms with Crippen LogP contribution in [-0.2, 0) is 23.1 Å². The number of aromatic nitrogens is 2. The van der Waals surface area contributed by atoms with Crippen molar-refractivity contribution in [3.8, 4) is 0 Å². The summed E-state index contributed by atoms with van der Waals surface area (Å²) < 4.78 is 12.4. The Hall–Kier alpha value is -1.11. The standard InChI is InChI=1S/C15H30N4O2/c1-12(2)16-11-14-13(3)17-18(4)15(14)19(7-9-20-5)8-10-21-6/h12,16H,7-11H2,1-6H3. The van der Waals surface area contributed by atoms with E-state index < -0.39 is 0 Å². The van der Waals surface area contributed by atoms with Crippen LogP contribution in [0.15, 0.2) is 0 Å². The van der Waals surface area contributed by atoms with Crippen LogP contribution in [0.5, 0.6) is 0 Å². The van der Waals surface area contributed by atoms with Gasteiger partial charge in [0, 0.05) is 52.5 Å². The minimum atomic E-state index is 0.448. The lowest BCUT2D eigenvalue weighted by molar-refractivity contribution is 0.189. The molecule has 6 nitrogen and oxygen atoms in total. The summed E-state index contributed by atoms with van der Waals surface area (Å²) in [5, 5.41) is 8.06. The zero-order valence-electron chi connectivity index (χ0n) is 14.3. The fourth-order valence-electron chi connectivity index (χ4n) is 2.33. The number of anilines is 1. The molecule has 0 unspecified atom stereocenters. The van der Waals surface area contributed by atoms with Crippen LogP contribution < -0.4 is 10.2 Å². The highest BCUT2D eigenvalue weighted by atomic mass is 16.5. The van der Waals surface area contributed by atoms with Crippen LogP contribution in [0.3, 0.4) is 0 Å². The van der Waals surface area contributed by atoms with E-state index in [4.69, 9.17) is 9.47 Å². The Morgan fingerprint density at radius 3 is 2.24 bits per heavy atom. The van der Waals surface area contributed by atoms with Crippen LogP contribution >= 0.6 is 0 Å². The molecule has 0 bridgehead atoms. The first-order valence-electron chi connectivity index (χ1n) is 7.49. The molecule has 0 saturated heterocycles. The molecular formula is C15H30N4O2. The molecule has 0 amide bonds. The molecule has 0 aliphatic carbocycles. The smallest absolute Gasteiger partial charge is 0.131 e. The summed E-state index contributed by atoms with van der Waals surface area (Å²) >= 11 is 0. The number of ether oxygens (including phenoxy) is 2. The number of nitrogens with zero attached hydrogens (tertiary/aromatic N) is 3. The van der Waals surface area contributed by atoms with Crippen LogP contribution in [0, 0.1) is 6.92 Å². The van der Waals surface area contributed by atoms with Crippen molar-refractivity contribution in [2.45, 2.75) is 33.4 Å². The first kappa shape index (κ1) is 17.9. The Kier molecular flexibility index (Phi) is 7.71. The van der Waals surface area contributed by atoms with Gasteiger partial charge in [-0.1, -0.05) is 13.8 Å². The molecule has 0 atom stereocenters. The molecule has 1 aromatic heterocycles. The normalized spacial score (nSPS) is 11.4. The van der Waals surface area contributed by atoms with E-state index in [9.17, 15) is 0 Å². The summed E-state index contributed by atoms with van der Waals surface area (Å²) in [6.07, 6.45) is 0. The van der Waals surface area contributed by atoms with Gasteiger partial charge >= 0.3 is 0 Å². The quantitative estimate of drug-likeness (QED) is 0.706. The van der Waals surface area contributed by atoms with Gasteiger partial charge in [0.05, 0.1) is 18.9 Å². The Labute approximate surface area is 128 Å². The van der Waals surface area contributed by atoms with E-state index in [1.165, 1.54) is 5.56 Å². The lowest BCUT2D eigenvalue weighted by atomic mass is 10.2. The van der Waals surface area contributed by atoms with Crippen LogP contribution in [0.25, 0.3) is 0 Å². The van der Waals surface area contributed by atoms with Crippen molar-refractivity contribution in [3.63, 3.8) is 0 Å². The van der Waals surface area contributed by atoms with E-state index in [-0.39, 0.29) is 0 Å². The highest BCUT2D eigenvalue weighted by Crippen LogP contribution is 2.23. The first-order valence-corrected chi connectivity index (χ1v) is 7.49. The van der Waals surface area contributed by atoms with Gasteiger partial charge in [0.15, 0.2) is 0 Å². The summed E-state index contributed by atoms with van der Waals surface area (Å²) in [5.41, 5.74) is 2.32. The third-order valence-electron chi connectivity index (χ3n) is 3.43. The van der Waals surface area contributed by atoms with E-state index in [1.807, 2.05) is 11.7 Å². The highest BCUT2D eigenvalue weighted by molar-refractivity contribution is 5.50. The van der Waals surface area contributed by atoms with Crippen molar-refractivity contribution in [1.29, 1.82) is 0 Å². The molecule has 21 heavy (non-hydrogen) atoms. The topological polar surface area (TPSA) is 51.6 Å². The molecule has 0 aliphatic heterocycles. The molecule has 0 radical (unpaired) electrons. The van der Waals surface area contributed by atoms with Crippen molar-refractivity contribution in [3.05, 3.63) is 11.3 Å². The van der Waals surface area contributed by atoms with Crippen LogP contribution in [-0.4, -0.2) is 56.3 Å². The van der Waals surface area contributed by atoms with Crippen LogP contribution in [0.1, 0.15) is 25.1 Å². The SMILES string of the molecule is COCCN(CCOC)c1c(CNC(C)C)c(C)nn1C. The molecule has 1 rings (SSSR count). The zero-order valence-corrected chi connectivity index (χ0v) is 14.3. The maximum Gasteiger partial charge on any atom is 0.131 e. The minimum absolute atomic E-state index is 0.448. The molecule has 122 valence electrons. The molecule has 6 heteroatoms. The Balaban J connectivity index is 2.97. The Morgan fingerprint density at radius 2 is 1.76 bits per heavy atom.